The quantitative estimate of drug-likeness (QED) is 0.0414. The normalized spacial score (nSPS) is 23.1. The summed E-state index contributed by atoms with van der Waals surface area (Å²) in [6.45, 7) is 16.6. The van der Waals surface area contributed by atoms with Gasteiger partial charge in [-0.25, -0.2) is 0 Å². The molecule has 0 N–H and O–H groups in total. The van der Waals surface area contributed by atoms with Crippen LogP contribution in [-0.2, 0) is 37.6 Å². The van der Waals surface area contributed by atoms with E-state index in [4.69, 9.17) is 32.8 Å². The molecule has 0 unspecified atom stereocenters. The molecule has 2 rings (SSSR count). The van der Waals surface area contributed by atoms with E-state index in [1.54, 1.807) is 14.2 Å². The van der Waals surface area contributed by atoms with Crippen LogP contribution in [0, 0.1) is 5.92 Å². The molecule has 7 atom stereocenters. The SMILES string of the molecule is C=C(C[C@H](C)C[C@@H]1CC=C[C@@H](CC=O)O1)C[C@@H](/C=C/C[C@H](O[Si](CC)(CC)CC)[C@H](/C=C/[C@@H]1CC(C)=CCO1)OCOC)OCOC. The van der Waals surface area contributed by atoms with E-state index in [1.165, 1.54) is 5.57 Å². The van der Waals surface area contributed by atoms with Crippen molar-refractivity contribution in [3.8, 4) is 0 Å². The number of rotatable bonds is 25. The van der Waals surface area contributed by atoms with Crippen molar-refractivity contribution in [2.24, 2.45) is 5.92 Å². The number of aldehydes is 1. The van der Waals surface area contributed by atoms with Crippen LogP contribution < -0.4 is 0 Å². The van der Waals surface area contributed by atoms with Crippen LogP contribution in [0.5, 0.6) is 0 Å². The molecule has 0 fully saturated rings. The molecule has 0 radical (unpaired) electrons. The second-order valence-corrected chi connectivity index (χ2v) is 17.8. The van der Waals surface area contributed by atoms with E-state index in [0.717, 1.165) is 55.7 Å². The summed E-state index contributed by atoms with van der Waals surface area (Å²) in [7, 11) is 1.33. The summed E-state index contributed by atoms with van der Waals surface area (Å²) >= 11 is 0. The van der Waals surface area contributed by atoms with E-state index in [2.05, 4.69) is 77.7 Å². The maximum atomic E-state index is 10.9. The molecule has 2 aliphatic rings. The number of hydrogen-bond donors (Lipinski definition) is 0. The van der Waals surface area contributed by atoms with Crippen molar-refractivity contribution in [1.29, 1.82) is 0 Å². The van der Waals surface area contributed by atoms with Gasteiger partial charge in [-0.15, -0.1) is 0 Å². The van der Waals surface area contributed by atoms with E-state index in [0.29, 0.717) is 31.8 Å². The summed E-state index contributed by atoms with van der Waals surface area (Å²) in [5, 5.41) is 0. The lowest BCUT2D eigenvalue weighted by atomic mass is 9.91. The minimum absolute atomic E-state index is 0.0227. The number of carbonyl (C=O) groups is 1. The molecule has 0 aromatic rings. The Morgan fingerprint density at radius 1 is 1.09 bits per heavy atom. The van der Waals surface area contributed by atoms with Crippen LogP contribution in [0.1, 0.15) is 79.6 Å². The van der Waals surface area contributed by atoms with E-state index in [9.17, 15) is 4.79 Å². The Hall–Kier alpha value is -1.69. The molecule has 2 heterocycles. The largest absolute Gasteiger partial charge is 0.411 e. The zero-order valence-corrected chi connectivity index (χ0v) is 31.3. The highest BCUT2D eigenvalue weighted by molar-refractivity contribution is 6.73. The Kier molecular flexibility index (Phi) is 20.8. The molecule has 47 heavy (non-hydrogen) atoms. The van der Waals surface area contributed by atoms with Crippen molar-refractivity contribution in [2.75, 3.05) is 34.4 Å². The van der Waals surface area contributed by atoms with Crippen LogP contribution in [0.15, 0.2) is 60.3 Å². The first-order chi connectivity index (χ1) is 22.7. The minimum atomic E-state index is -1.96. The van der Waals surface area contributed by atoms with Gasteiger partial charge in [0.05, 0.1) is 37.1 Å². The summed E-state index contributed by atoms with van der Waals surface area (Å²) < 4.78 is 42.1. The van der Waals surface area contributed by atoms with Crippen LogP contribution >= 0.6 is 0 Å². The van der Waals surface area contributed by atoms with Crippen molar-refractivity contribution in [1.82, 2.24) is 0 Å². The molecule has 0 amide bonds. The van der Waals surface area contributed by atoms with Crippen molar-refractivity contribution in [3.05, 3.63) is 60.3 Å². The standard InChI is InChI=1S/C38H64O8Si/c1-9-47(10-2,11-3)46-38(37(44-29-41-8)19-18-35-25-30(4)21-23-42-35)17-13-15-34(43-28-40-7)26-31(5)24-32(6)27-36-16-12-14-33(45-36)20-22-39/h12-15,18-19,21-22,32-38H,5,9-11,16-17,20,23-29H2,1-4,6-8H3/b15-13+,19-18+/t32-,33-,34+,35+,36-,37-,38-/m0/s1. The molecular formula is C38H64O8Si. The first-order valence-corrected chi connectivity index (χ1v) is 20.2. The lowest BCUT2D eigenvalue weighted by Gasteiger charge is -2.36. The highest BCUT2D eigenvalue weighted by atomic mass is 28.4. The summed E-state index contributed by atoms with van der Waals surface area (Å²) in [5.74, 6) is 0.397. The zero-order chi connectivity index (χ0) is 34.5. The predicted molar refractivity (Wildman–Crippen MR) is 192 cm³/mol. The van der Waals surface area contributed by atoms with Gasteiger partial charge in [-0.3, -0.25) is 0 Å². The molecule has 0 spiro atoms. The lowest BCUT2D eigenvalue weighted by molar-refractivity contribution is -0.111. The van der Waals surface area contributed by atoms with Crippen LogP contribution in [0.2, 0.25) is 18.1 Å². The first kappa shape index (κ1) is 41.5. The number of carbonyl (C=O) groups excluding carboxylic acids is 1. The summed E-state index contributed by atoms with van der Waals surface area (Å²) in [6.07, 6.45) is 20.4. The van der Waals surface area contributed by atoms with Gasteiger partial charge < -0.3 is 37.6 Å². The Morgan fingerprint density at radius 3 is 2.47 bits per heavy atom. The van der Waals surface area contributed by atoms with E-state index in [-0.39, 0.29) is 50.2 Å². The van der Waals surface area contributed by atoms with Crippen molar-refractivity contribution < 1.29 is 37.6 Å². The van der Waals surface area contributed by atoms with Gasteiger partial charge in [-0.1, -0.05) is 88.0 Å². The highest BCUT2D eigenvalue weighted by Gasteiger charge is 2.34. The molecule has 0 aromatic carbocycles. The molecule has 9 heteroatoms. The molecule has 0 saturated heterocycles. The lowest BCUT2D eigenvalue weighted by Crippen LogP contribution is -2.44. The Morgan fingerprint density at radius 2 is 1.81 bits per heavy atom. The van der Waals surface area contributed by atoms with Gasteiger partial charge in [0.15, 0.2) is 8.32 Å². The molecule has 2 aliphatic heterocycles. The van der Waals surface area contributed by atoms with Gasteiger partial charge >= 0.3 is 0 Å². The van der Waals surface area contributed by atoms with Crippen molar-refractivity contribution in [2.45, 2.75) is 134 Å². The van der Waals surface area contributed by atoms with Gasteiger partial charge in [0.1, 0.15) is 26.0 Å². The number of hydrogen-bond acceptors (Lipinski definition) is 8. The van der Waals surface area contributed by atoms with Crippen molar-refractivity contribution >= 4 is 14.6 Å². The zero-order valence-electron chi connectivity index (χ0n) is 30.3. The molecule has 0 bridgehead atoms. The maximum Gasteiger partial charge on any atom is 0.192 e. The van der Waals surface area contributed by atoms with Gasteiger partial charge in [0.2, 0.25) is 0 Å². The average Bonchev–Trinajstić information content (AvgIpc) is 3.05. The van der Waals surface area contributed by atoms with Gasteiger partial charge in [-0.05, 0) is 69.5 Å². The molecule has 0 saturated carbocycles. The predicted octanol–water partition coefficient (Wildman–Crippen LogP) is 8.26. The van der Waals surface area contributed by atoms with E-state index in [1.807, 2.05) is 6.08 Å². The second kappa shape index (κ2) is 23.6. The summed E-state index contributed by atoms with van der Waals surface area (Å²) in [4.78, 5) is 10.9. The molecule has 0 aromatic heterocycles. The average molecular weight is 677 g/mol. The Balaban J connectivity index is 2.14. The fourth-order valence-electron chi connectivity index (χ4n) is 6.34. The molecule has 268 valence electrons. The third-order valence-corrected chi connectivity index (χ3v) is 13.9. The van der Waals surface area contributed by atoms with E-state index < -0.39 is 8.32 Å². The second-order valence-electron chi connectivity index (χ2n) is 13.1. The molecule has 8 nitrogen and oxygen atoms in total. The monoisotopic (exact) mass is 676 g/mol. The topological polar surface area (TPSA) is 81.7 Å². The third kappa shape index (κ3) is 16.0. The third-order valence-electron chi connectivity index (χ3n) is 9.22. The molecule has 0 aliphatic carbocycles. The van der Waals surface area contributed by atoms with Crippen molar-refractivity contribution in [3.63, 3.8) is 0 Å². The summed E-state index contributed by atoms with van der Waals surface area (Å²) in [5.41, 5.74) is 2.47. The van der Waals surface area contributed by atoms with E-state index >= 15 is 0 Å². The Labute approximate surface area is 286 Å². The fourth-order valence-corrected chi connectivity index (χ4v) is 9.21. The first-order valence-electron chi connectivity index (χ1n) is 17.6. The number of ether oxygens (including phenoxy) is 6. The van der Waals surface area contributed by atoms with Crippen LogP contribution in [-0.4, -0.2) is 85.6 Å². The maximum absolute atomic E-state index is 10.9. The number of methoxy groups -OCH3 is 2. The fraction of sp³-hybridized carbons (Fsp3) is 0.711. The van der Waals surface area contributed by atoms with Crippen LogP contribution in [0.25, 0.3) is 0 Å². The molecular weight excluding hydrogens is 612 g/mol. The Bertz CT molecular complexity index is 995. The van der Waals surface area contributed by atoms with Crippen LogP contribution in [0.3, 0.4) is 0 Å². The van der Waals surface area contributed by atoms with Gasteiger partial charge in [0, 0.05) is 20.6 Å². The van der Waals surface area contributed by atoms with Gasteiger partial charge in [-0.2, -0.15) is 0 Å². The minimum Gasteiger partial charge on any atom is -0.411 e. The summed E-state index contributed by atoms with van der Waals surface area (Å²) in [6, 6.07) is 3.15. The highest BCUT2D eigenvalue weighted by Crippen LogP contribution is 2.29. The smallest absolute Gasteiger partial charge is 0.192 e. The van der Waals surface area contributed by atoms with Crippen LogP contribution in [0.4, 0.5) is 0 Å². The van der Waals surface area contributed by atoms with Gasteiger partial charge in [0.25, 0.3) is 0 Å².